The maximum absolute atomic E-state index is 4.11. The normalized spacial score (nSPS) is 37.3. The minimum Gasteiger partial charge on any atom is -0.267 e. The maximum Gasteiger partial charge on any atom is 0.124 e. The summed E-state index contributed by atoms with van der Waals surface area (Å²) in [4.78, 5) is 12.1. The molecule has 0 N–H and O–H groups in total. The van der Waals surface area contributed by atoms with Crippen LogP contribution in [-0.4, -0.2) is 18.3 Å². The highest BCUT2D eigenvalue weighted by molar-refractivity contribution is 5.93. The Hall–Kier alpha value is -1.25. The molecule has 1 aliphatic heterocycles. The molecule has 3 nitrogen and oxygen atoms in total. The first-order chi connectivity index (χ1) is 5.29. The molecule has 0 saturated carbocycles. The molecule has 11 heavy (non-hydrogen) atoms. The summed E-state index contributed by atoms with van der Waals surface area (Å²) in [5, 5.41) is 0. The lowest BCUT2D eigenvalue weighted by molar-refractivity contribution is 1.12. The third-order valence-electron chi connectivity index (χ3n) is 1.23. The molecule has 0 aromatic heterocycles. The molecule has 1 rings (SSSR count). The summed E-state index contributed by atoms with van der Waals surface area (Å²) >= 11 is 0. The molecule has 58 valence electrons. The van der Waals surface area contributed by atoms with Crippen molar-refractivity contribution in [3.05, 3.63) is 12.4 Å². The molecule has 1 aliphatic rings. The predicted molar refractivity (Wildman–Crippen MR) is 48.4 cm³/mol. The van der Waals surface area contributed by atoms with E-state index in [0.29, 0.717) is 0 Å². The lowest BCUT2D eigenvalue weighted by Gasteiger charge is -1.92. The van der Waals surface area contributed by atoms with Crippen molar-refractivity contribution in [1.82, 2.24) is 0 Å². The molecular formula is C8H11N3. The minimum absolute atomic E-state index is 0.280. The zero-order valence-electron chi connectivity index (χ0n) is 6.73. The highest BCUT2D eigenvalue weighted by atomic mass is 14.9. The van der Waals surface area contributed by atoms with E-state index < -0.39 is 0 Å². The molecule has 0 fully saturated rings. The average molecular weight is 149 g/mol. The van der Waals surface area contributed by atoms with Crippen molar-refractivity contribution in [3.63, 3.8) is 0 Å². The van der Waals surface area contributed by atoms with Gasteiger partial charge < -0.3 is 0 Å². The molecule has 0 bridgehead atoms. The summed E-state index contributed by atoms with van der Waals surface area (Å²) in [6.45, 7) is 3.89. The molecule has 0 radical (unpaired) electrons. The van der Waals surface area contributed by atoms with Gasteiger partial charge in [0.05, 0.1) is 0 Å². The van der Waals surface area contributed by atoms with Gasteiger partial charge in [-0.1, -0.05) is 6.92 Å². The number of hydrogen-bond acceptors (Lipinski definition) is 3. The Kier molecular flexibility index (Phi) is 2.72. The summed E-state index contributed by atoms with van der Waals surface area (Å²) in [5.74, 6) is 1.04. The van der Waals surface area contributed by atoms with Crippen molar-refractivity contribution >= 4 is 18.3 Å². The Morgan fingerprint density at radius 1 is 1.27 bits per heavy atom. The SMILES string of the molecule is CC1=N/C=C\N=C/C(C)/C=N\1. The lowest BCUT2D eigenvalue weighted by Crippen LogP contribution is -1.98. The molecule has 0 aromatic carbocycles. The smallest absolute Gasteiger partial charge is 0.124 e. The van der Waals surface area contributed by atoms with Crippen LogP contribution in [0.5, 0.6) is 0 Å². The zero-order valence-corrected chi connectivity index (χ0v) is 6.73. The molecule has 0 aromatic rings. The van der Waals surface area contributed by atoms with Crippen LogP contribution in [0, 0.1) is 5.92 Å². The number of amidine groups is 1. The minimum atomic E-state index is 0.280. The maximum atomic E-state index is 4.11. The van der Waals surface area contributed by atoms with Crippen molar-refractivity contribution < 1.29 is 0 Å². The highest BCUT2D eigenvalue weighted by Crippen LogP contribution is 1.91. The third kappa shape index (κ3) is 2.89. The van der Waals surface area contributed by atoms with Crippen molar-refractivity contribution in [3.8, 4) is 0 Å². The van der Waals surface area contributed by atoms with E-state index >= 15 is 0 Å². The summed E-state index contributed by atoms with van der Waals surface area (Å²) in [6, 6.07) is 0. The Bertz CT molecular complexity index is 236. The van der Waals surface area contributed by atoms with Gasteiger partial charge in [-0.25, -0.2) is 9.98 Å². The molecule has 0 amide bonds. The Morgan fingerprint density at radius 2 is 2.09 bits per heavy atom. The van der Waals surface area contributed by atoms with Gasteiger partial charge in [0.25, 0.3) is 0 Å². The molecule has 3 heteroatoms. The van der Waals surface area contributed by atoms with Crippen LogP contribution in [0.4, 0.5) is 0 Å². The van der Waals surface area contributed by atoms with Crippen LogP contribution >= 0.6 is 0 Å². The lowest BCUT2D eigenvalue weighted by atomic mass is 10.2. The fourth-order valence-corrected chi connectivity index (χ4v) is 0.662. The van der Waals surface area contributed by atoms with E-state index in [1.807, 2.05) is 26.3 Å². The summed E-state index contributed by atoms with van der Waals surface area (Å²) in [6.07, 6.45) is 6.96. The first-order valence-corrected chi connectivity index (χ1v) is 3.56. The largest absolute Gasteiger partial charge is 0.267 e. The van der Waals surface area contributed by atoms with E-state index in [9.17, 15) is 0 Å². The van der Waals surface area contributed by atoms with Crippen LogP contribution in [0.15, 0.2) is 27.4 Å². The second kappa shape index (κ2) is 3.81. The van der Waals surface area contributed by atoms with Crippen LogP contribution in [0.2, 0.25) is 0 Å². The Morgan fingerprint density at radius 3 is 2.91 bits per heavy atom. The van der Waals surface area contributed by atoms with Crippen LogP contribution in [0.3, 0.4) is 0 Å². The molecule has 0 saturated heterocycles. The van der Waals surface area contributed by atoms with E-state index in [4.69, 9.17) is 0 Å². The summed E-state index contributed by atoms with van der Waals surface area (Å²) in [5.41, 5.74) is 0. The molecular weight excluding hydrogens is 138 g/mol. The van der Waals surface area contributed by atoms with Gasteiger partial charge in [0.15, 0.2) is 0 Å². The fraction of sp³-hybridized carbons (Fsp3) is 0.375. The Labute approximate surface area is 66.3 Å². The standard InChI is InChI=1S/C8H11N3/c1-7-5-9-3-4-10-8(2)11-6-7/h3-7H,1-2H3/b4-3-,9-5-,10-8-,11-6-. The van der Waals surface area contributed by atoms with Crippen LogP contribution in [-0.2, 0) is 0 Å². The van der Waals surface area contributed by atoms with E-state index in [1.165, 1.54) is 0 Å². The van der Waals surface area contributed by atoms with Gasteiger partial charge in [0.1, 0.15) is 5.84 Å². The quantitative estimate of drug-likeness (QED) is 0.502. The molecule has 1 heterocycles. The van der Waals surface area contributed by atoms with Gasteiger partial charge in [-0.2, -0.15) is 0 Å². The van der Waals surface area contributed by atoms with Gasteiger partial charge in [0.2, 0.25) is 0 Å². The van der Waals surface area contributed by atoms with Crippen molar-refractivity contribution in [2.45, 2.75) is 13.8 Å². The predicted octanol–water partition coefficient (Wildman–Crippen LogP) is 1.67. The van der Waals surface area contributed by atoms with Crippen molar-refractivity contribution in [2.75, 3.05) is 0 Å². The highest BCUT2D eigenvalue weighted by Gasteiger charge is 1.92. The van der Waals surface area contributed by atoms with E-state index in [-0.39, 0.29) is 5.92 Å². The number of aliphatic imine (C=N–C) groups is 3. The Balaban J connectivity index is 2.81. The van der Waals surface area contributed by atoms with Gasteiger partial charge in [-0.15, -0.1) is 0 Å². The van der Waals surface area contributed by atoms with E-state index in [1.54, 1.807) is 12.4 Å². The number of hydrogen-bond donors (Lipinski definition) is 0. The molecule has 1 atom stereocenters. The zero-order chi connectivity index (χ0) is 8.10. The summed E-state index contributed by atoms with van der Waals surface area (Å²) < 4.78 is 0. The molecule has 0 spiro atoms. The van der Waals surface area contributed by atoms with E-state index in [0.717, 1.165) is 5.84 Å². The van der Waals surface area contributed by atoms with Gasteiger partial charge in [-0.3, -0.25) is 4.99 Å². The summed E-state index contributed by atoms with van der Waals surface area (Å²) in [7, 11) is 0. The second-order valence-electron chi connectivity index (χ2n) is 2.41. The van der Waals surface area contributed by atoms with E-state index in [2.05, 4.69) is 15.0 Å². The number of nitrogens with zero attached hydrogens (tertiary/aromatic N) is 3. The van der Waals surface area contributed by atoms with Gasteiger partial charge >= 0.3 is 0 Å². The average Bonchev–Trinajstić information content (AvgIpc) is 2.06. The van der Waals surface area contributed by atoms with Crippen LogP contribution in [0.25, 0.3) is 0 Å². The molecule has 1 unspecified atom stereocenters. The van der Waals surface area contributed by atoms with Crippen LogP contribution in [0.1, 0.15) is 13.8 Å². The van der Waals surface area contributed by atoms with Crippen molar-refractivity contribution in [1.29, 1.82) is 0 Å². The fourth-order valence-electron chi connectivity index (χ4n) is 0.662. The second-order valence-corrected chi connectivity index (χ2v) is 2.41. The molecule has 0 aliphatic carbocycles. The third-order valence-corrected chi connectivity index (χ3v) is 1.23. The van der Waals surface area contributed by atoms with Gasteiger partial charge in [-0.05, 0) is 6.92 Å². The van der Waals surface area contributed by atoms with Crippen molar-refractivity contribution in [2.24, 2.45) is 20.9 Å². The first kappa shape index (κ1) is 7.85. The monoisotopic (exact) mass is 149 g/mol. The van der Waals surface area contributed by atoms with Gasteiger partial charge in [0, 0.05) is 30.7 Å². The first-order valence-electron chi connectivity index (χ1n) is 3.56. The van der Waals surface area contributed by atoms with Crippen LogP contribution < -0.4 is 0 Å². The topological polar surface area (TPSA) is 37.1 Å². The number of rotatable bonds is 0.